The number of nitrogens with two attached hydrogens (primary N) is 2. The van der Waals surface area contributed by atoms with Crippen LogP contribution in [0.25, 0.3) is 0 Å². The van der Waals surface area contributed by atoms with Crippen molar-refractivity contribution in [2.24, 2.45) is 16.7 Å². The fraction of sp³-hybridized carbons (Fsp3) is 0.125. The predicted molar refractivity (Wildman–Crippen MR) is 45.9 cm³/mol. The molecule has 0 atom stereocenters. The molecular weight excluding hydrogens is 176 g/mol. The van der Waals surface area contributed by atoms with Crippen molar-refractivity contribution in [3.05, 3.63) is 35.4 Å². The van der Waals surface area contributed by atoms with Gasteiger partial charge in [0.1, 0.15) is 5.84 Å². The molecule has 0 aliphatic rings. The lowest BCUT2D eigenvalue weighted by Gasteiger charge is -2.01. The Bertz CT molecular complexity index is 336. The second kappa shape index (κ2) is 3.84. The Morgan fingerprint density at radius 1 is 1.38 bits per heavy atom. The fourth-order valence-electron chi connectivity index (χ4n) is 0.926. The summed E-state index contributed by atoms with van der Waals surface area (Å²) in [5.41, 5.74) is 5.40. The third-order valence-electron chi connectivity index (χ3n) is 1.57. The zero-order chi connectivity index (χ0) is 9.84. The highest BCUT2D eigenvalue weighted by Crippen LogP contribution is 2.11. The highest BCUT2D eigenvalue weighted by Gasteiger charge is 2.08. The molecule has 0 fully saturated rings. The summed E-state index contributed by atoms with van der Waals surface area (Å²) in [6.45, 7) is 0. The molecule has 13 heavy (non-hydrogen) atoms. The molecule has 0 saturated carbocycles. The van der Waals surface area contributed by atoms with Gasteiger partial charge in [0.05, 0.1) is 0 Å². The van der Waals surface area contributed by atoms with Gasteiger partial charge in [0.25, 0.3) is 0 Å². The van der Waals surface area contributed by atoms with Crippen LogP contribution in [0.15, 0.2) is 23.3 Å². The maximum absolute atomic E-state index is 13.0. The van der Waals surface area contributed by atoms with Crippen LogP contribution < -0.4 is 11.6 Å². The summed E-state index contributed by atoms with van der Waals surface area (Å²) in [4.78, 5) is 0. The summed E-state index contributed by atoms with van der Waals surface area (Å²) >= 11 is 0. The maximum Gasteiger partial charge on any atom is 0.162 e. The number of hydrogen-bond acceptors (Lipinski definition) is 2. The Kier molecular flexibility index (Phi) is 2.79. The van der Waals surface area contributed by atoms with Crippen molar-refractivity contribution in [1.82, 2.24) is 0 Å². The van der Waals surface area contributed by atoms with Crippen molar-refractivity contribution in [2.75, 3.05) is 0 Å². The van der Waals surface area contributed by atoms with E-state index in [1.807, 2.05) is 0 Å². The van der Waals surface area contributed by atoms with Crippen LogP contribution in [0.3, 0.4) is 0 Å². The summed E-state index contributed by atoms with van der Waals surface area (Å²) in [7, 11) is 0. The van der Waals surface area contributed by atoms with Gasteiger partial charge in [-0.1, -0.05) is 12.1 Å². The highest BCUT2D eigenvalue weighted by molar-refractivity contribution is 5.82. The Morgan fingerprint density at radius 2 is 2.08 bits per heavy atom. The minimum Gasteiger partial charge on any atom is -0.385 e. The molecule has 0 radical (unpaired) electrons. The molecule has 0 aliphatic heterocycles. The molecule has 5 heteroatoms. The second-order valence-corrected chi connectivity index (χ2v) is 2.51. The molecule has 0 amide bonds. The van der Waals surface area contributed by atoms with Crippen molar-refractivity contribution < 1.29 is 8.78 Å². The zero-order valence-corrected chi connectivity index (χ0v) is 6.80. The molecule has 0 spiro atoms. The van der Waals surface area contributed by atoms with E-state index in [0.717, 1.165) is 6.07 Å². The molecule has 0 heterocycles. The predicted octanol–water partition coefficient (Wildman–Crippen LogP) is 0.738. The third-order valence-corrected chi connectivity index (χ3v) is 1.57. The monoisotopic (exact) mass is 185 g/mol. The Balaban J connectivity index is 2.96. The van der Waals surface area contributed by atoms with E-state index in [9.17, 15) is 8.78 Å². The summed E-state index contributed by atoms with van der Waals surface area (Å²) in [6.07, 6.45) is 0.0140. The van der Waals surface area contributed by atoms with E-state index in [0.29, 0.717) is 0 Å². The van der Waals surface area contributed by atoms with Crippen molar-refractivity contribution in [3.63, 3.8) is 0 Å². The van der Waals surface area contributed by atoms with Gasteiger partial charge >= 0.3 is 0 Å². The van der Waals surface area contributed by atoms with Gasteiger partial charge in [0, 0.05) is 6.42 Å². The van der Waals surface area contributed by atoms with Crippen LogP contribution >= 0.6 is 0 Å². The van der Waals surface area contributed by atoms with Crippen LogP contribution in [0.5, 0.6) is 0 Å². The molecule has 0 aliphatic carbocycles. The first kappa shape index (κ1) is 9.44. The molecule has 1 aromatic carbocycles. The lowest BCUT2D eigenvalue weighted by Crippen LogP contribution is -2.17. The van der Waals surface area contributed by atoms with Crippen molar-refractivity contribution in [3.8, 4) is 0 Å². The summed E-state index contributed by atoms with van der Waals surface area (Å²) in [6, 6.07) is 3.86. The van der Waals surface area contributed by atoms with Crippen molar-refractivity contribution in [1.29, 1.82) is 0 Å². The van der Waals surface area contributed by atoms with Gasteiger partial charge in [-0.25, -0.2) is 8.78 Å². The van der Waals surface area contributed by atoms with Gasteiger partial charge in [-0.3, -0.25) is 0 Å². The normalized spacial score (nSPS) is 11.7. The van der Waals surface area contributed by atoms with Crippen LogP contribution in [-0.4, -0.2) is 5.84 Å². The minimum atomic E-state index is -0.908. The average Bonchev–Trinajstić information content (AvgIpc) is 2.13. The van der Waals surface area contributed by atoms with Crippen LogP contribution in [0.1, 0.15) is 5.56 Å². The molecule has 0 aromatic heterocycles. The van der Waals surface area contributed by atoms with Crippen molar-refractivity contribution >= 4 is 5.84 Å². The Labute approximate surface area is 74.0 Å². The Hall–Kier alpha value is -1.65. The molecule has 1 rings (SSSR count). The number of benzene rings is 1. The number of amidine groups is 1. The number of hydrazone groups is 1. The molecule has 3 nitrogen and oxygen atoms in total. The first-order chi connectivity index (χ1) is 6.15. The van der Waals surface area contributed by atoms with Gasteiger partial charge in [-0.05, 0) is 11.6 Å². The summed E-state index contributed by atoms with van der Waals surface area (Å²) in [5, 5.41) is 3.16. The fourth-order valence-corrected chi connectivity index (χ4v) is 0.926. The van der Waals surface area contributed by atoms with Crippen LogP contribution in [0.2, 0.25) is 0 Å². The molecule has 0 unspecified atom stereocenters. The van der Waals surface area contributed by atoms with E-state index in [1.165, 1.54) is 12.1 Å². The first-order valence-electron chi connectivity index (χ1n) is 3.60. The van der Waals surface area contributed by atoms with Gasteiger partial charge in [0.15, 0.2) is 11.6 Å². The zero-order valence-electron chi connectivity index (χ0n) is 6.80. The molecule has 0 bridgehead atoms. The smallest absolute Gasteiger partial charge is 0.162 e. The lowest BCUT2D eigenvalue weighted by molar-refractivity contribution is 0.501. The standard InChI is InChI=1S/C8H9F2N3/c9-6-3-1-2-5(8(6)10)4-7(11)13-12/h1-3H,4,12H2,(H2,11,13). The lowest BCUT2D eigenvalue weighted by atomic mass is 10.1. The van der Waals surface area contributed by atoms with Gasteiger partial charge in [0.2, 0.25) is 0 Å². The highest BCUT2D eigenvalue weighted by atomic mass is 19.2. The van der Waals surface area contributed by atoms with Gasteiger partial charge in [-0.2, -0.15) is 5.10 Å². The molecule has 70 valence electrons. The minimum absolute atomic E-state index is 0.0140. The summed E-state index contributed by atoms with van der Waals surface area (Å²) in [5.74, 6) is 3.11. The number of nitrogens with zero attached hydrogens (tertiary/aromatic N) is 1. The van der Waals surface area contributed by atoms with E-state index in [-0.39, 0.29) is 17.8 Å². The van der Waals surface area contributed by atoms with E-state index < -0.39 is 11.6 Å². The molecular formula is C8H9F2N3. The van der Waals surface area contributed by atoms with Gasteiger partial charge < -0.3 is 11.6 Å². The van der Waals surface area contributed by atoms with Crippen LogP contribution in [0.4, 0.5) is 8.78 Å². The van der Waals surface area contributed by atoms with E-state index in [4.69, 9.17) is 11.6 Å². The second-order valence-electron chi connectivity index (χ2n) is 2.51. The third kappa shape index (κ3) is 2.14. The number of halogens is 2. The van der Waals surface area contributed by atoms with Crippen LogP contribution in [-0.2, 0) is 6.42 Å². The average molecular weight is 185 g/mol. The quantitative estimate of drug-likeness (QED) is 0.309. The van der Waals surface area contributed by atoms with Crippen LogP contribution in [0, 0.1) is 11.6 Å². The number of hydrogen-bond donors (Lipinski definition) is 2. The van der Waals surface area contributed by atoms with E-state index in [2.05, 4.69) is 5.10 Å². The summed E-state index contributed by atoms with van der Waals surface area (Å²) < 4.78 is 25.6. The Morgan fingerprint density at radius 3 is 2.69 bits per heavy atom. The molecule has 1 aromatic rings. The number of rotatable bonds is 2. The van der Waals surface area contributed by atoms with E-state index >= 15 is 0 Å². The van der Waals surface area contributed by atoms with Crippen molar-refractivity contribution in [2.45, 2.75) is 6.42 Å². The molecule has 4 N–H and O–H groups in total. The van der Waals surface area contributed by atoms with E-state index in [1.54, 1.807) is 0 Å². The molecule has 0 saturated heterocycles. The van der Waals surface area contributed by atoms with Gasteiger partial charge in [-0.15, -0.1) is 0 Å². The first-order valence-corrected chi connectivity index (χ1v) is 3.60. The topological polar surface area (TPSA) is 64.4 Å². The largest absolute Gasteiger partial charge is 0.385 e. The SMILES string of the molecule is NN=C(N)Cc1cccc(F)c1F. The maximum atomic E-state index is 13.0.